The number of esters is 1. The first-order valence-corrected chi connectivity index (χ1v) is 12.8. The number of thiophene rings is 1. The minimum absolute atomic E-state index is 0.0781. The molecule has 0 fully saturated rings. The molecule has 1 heterocycles. The van der Waals surface area contributed by atoms with Gasteiger partial charge < -0.3 is 9.47 Å². The van der Waals surface area contributed by atoms with Crippen molar-refractivity contribution in [2.24, 2.45) is 0 Å². The van der Waals surface area contributed by atoms with E-state index in [0.29, 0.717) is 32.5 Å². The third-order valence-electron chi connectivity index (χ3n) is 5.27. The number of Topliss-reactive ketones (excluding diaryl/α,β-unsaturated/α-hetero) is 1. The van der Waals surface area contributed by atoms with Gasteiger partial charge in [-0.3, -0.25) is 4.79 Å². The zero-order valence-electron chi connectivity index (χ0n) is 21.2. The van der Waals surface area contributed by atoms with Crippen molar-refractivity contribution in [2.45, 2.75) is 64.8 Å². The minimum atomic E-state index is -4.39. The molecule has 0 atom stereocenters. The van der Waals surface area contributed by atoms with E-state index in [-0.39, 0.29) is 12.2 Å². The van der Waals surface area contributed by atoms with Crippen LogP contribution in [0.15, 0.2) is 54.6 Å². The maximum Gasteiger partial charge on any atom is 0.416 e. The summed E-state index contributed by atoms with van der Waals surface area (Å²) in [6.07, 6.45) is -3.73. The summed E-state index contributed by atoms with van der Waals surface area (Å²) in [6, 6.07) is 13.4. The quantitative estimate of drug-likeness (QED) is 0.208. The molecule has 198 valence electrons. The number of hydrogen-bond donors (Lipinski definition) is 0. The molecule has 0 saturated carbocycles. The van der Waals surface area contributed by atoms with Crippen LogP contribution in [0.25, 0.3) is 10.4 Å². The van der Waals surface area contributed by atoms with Gasteiger partial charge in [0.1, 0.15) is 11.4 Å². The van der Waals surface area contributed by atoms with Crippen molar-refractivity contribution in [1.82, 2.24) is 0 Å². The number of ether oxygens (including phenoxy) is 2. The third kappa shape index (κ3) is 7.82. The number of halogens is 4. The number of ketones is 1. The fraction of sp³-hybridized carbons (Fsp3) is 0.357. The van der Waals surface area contributed by atoms with E-state index in [1.54, 1.807) is 65.0 Å². The van der Waals surface area contributed by atoms with Crippen LogP contribution in [-0.2, 0) is 22.1 Å². The molecule has 4 nitrogen and oxygen atoms in total. The van der Waals surface area contributed by atoms with Crippen LogP contribution in [0.1, 0.15) is 61.8 Å². The van der Waals surface area contributed by atoms with Gasteiger partial charge in [0.05, 0.1) is 15.5 Å². The molecule has 0 saturated heterocycles. The summed E-state index contributed by atoms with van der Waals surface area (Å²) >= 11 is 7.63. The topological polar surface area (TPSA) is 52.6 Å². The molecular formula is C28H28ClF3O4S. The van der Waals surface area contributed by atoms with Crippen LogP contribution in [0.3, 0.4) is 0 Å². The summed E-state index contributed by atoms with van der Waals surface area (Å²) in [5, 5.41) is 0.308. The smallest absolute Gasteiger partial charge is 0.416 e. The highest BCUT2D eigenvalue weighted by molar-refractivity contribution is 7.17. The number of alkyl halides is 3. The lowest BCUT2D eigenvalue weighted by molar-refractivity contribution is -0.170. The van der Waals surface area contributed by atoms with Gasteiger partial charge in [0, 0.05) is 11.3 Å². The Morgan fingerprint density at radius 2 is 1.57 bits per heavy atom. The van der Waals surface area contributed by atoms with Crippen molar-refractivity contribution >= 4 is 34.7 Å². The van der Waals surface area contributed by atoms with Gasteiger partial charge in [-0.2, -0.15) is 13.2 Å². The van der Waals surface area contributed by atoms with Crippen LogP contribution in [0.5, 0.6) is 5.75 Å². The second-order valence-corrected chi connectivity index (χ2v) is 11.5. The Morgan fingerprint density at radius 3 is 2.14 bits per heavy atom. The van der Waals surface area contributed by atoms with E-state index in [1.165, 1.54) is 23.5 Å². The Bertz CT molecular complexity index is 1270. The Morgan fingerprint density at radius 1 is 0.919 bits per heavy atom. The largest absolute Gasteiger partial charge is 0.475 e. The van der Waals surface area contributed by atoms with Crippen molar-refractivity contribution in [1.29, 1.82) is 0 Å². The summed E-state index contributed by atoms with van der Waals surface area (Å²) in [4.78, 5) is 26.4. The molecule has 3 aromatic rings. The van der Waals surface area contributed by atoms with Gasteiger partial charge in [-0.25, -0.2) is 4.79 Å². The van der Waals surface area contributed by atoms with Gasteiger partial charge in [-0.05, 0) is 88.6 Å². The van der Waals surface area contributed by atoms with E-state index in [9.17, 15) is 22.8 Å². The van der Waals surface area contributed by atoms with Crippen LogP contribution >= 0.6 is 22.9 Å². The van der Waals surface area contributed by atoms with E-state index in [1.807, 2.05) is 0 Å². The summed E-state index contributed by atoms with van der Waals surface area (Å²) in [5.41, 5.74) is -1.18. The van der Waals surface area contributed by atoms with Crippen molar-refractivity contribution in [2.75, 3.05) is 0 Å². The van der Waals surface area contributed by atoms with Crippen LogP contribution in [0, 0.1) is 0 Å². The van der Waals surface area contributed by atoms with Crippen LogP contribution in [0.2, 0.25) is 5.02 Å². The van der Waals surface area contributed by atoms with E-state index < -0.39 is 28.9 Å². The highest BCUT2D eigenvalue weighted by atomic mass is 35.5. The molecule has 37 heavy (non-hydrogen) atoms. The molecule has 0 radical (unpaired) electrons. The zero-order valence-corrected chi connectivity index (χ0v) is 22.7. The lowest BCUT2D eigenvalue weighted by Gasteiger charge is -2.29. The lowest BCUT2D eigenvalue weighted by Crippen LogP contribution is -2.43. The molecule has 1 aromatic heterocycles. The van der Waals surface area contributed by atoms with Gasteiger partial charge in [0.2, 0.25) is 0 Å². The first-order chi connectivity index (χ1) is 17.0. The number of rotatable bonds is 8. The number of hydrogen-bond acceptors (Lipinski definition) is 5. The molecule has 0 aliphatic rings. The van der Waals surface area contributed by atoms with Gasteiger partial charge in [0.15, 0.2) is 11.4 Å². The van der Waals surface area contributed by atoms with E-state index in [2.05, 4.69) is 0 Å². The zero-order chi connectivity index (χ0) is 27.6. The van der Waals surface area contributed by atoms with Gasteiger partial charge in [-0.15, -0.1) is 11.3 Å². The summed E-state index contributed by atoms with van der Waals surface area (Å²) < 4.78 is 49.6. The van der Waals surface area contributed by atoms with E-state index in [4.69, 9.17) is 21.1 Å². The molecule has 0 aliphatic heterocycles. The molecule has 0 N–H and O–H groups in total. The monoisotopic (exact) mass is 552 g/mol. The SMILES string of the molecule is CC(C)(C)OC(=O)C(C)(C)Oc1ccc(CCC(=O)c2ccc(-c3ccc(C(F)(F)F)cc3)s2)cc1Cl. The molecular weight excluding hydrogens is 525 g/mol. The van der Waals surface area contributed by atoms with E-state index in [0.717, 1.165) is 17.7 Å². The highest BCUT2D eigenvalue weighted by Gasteiger charge is 2.35. The molecule has 9 heteroatoms. The first-order valence-electron chi connectivity index (χ1n) is 11.6. The molecule has 2 aromatic carbocycles. The summed E-state index contributed by atoms with van der Waals surface area (Å²) in [7, 11) is 0. The third-order valence-corrected chi connectivity index (χ3v) is 6.74. The number of benzene rings is 2. The van der Waals surface area contributed by atoms with Crippen LogP contribution in [0.4, 0.5) is 13.2 Å². The molecule has 0 amide bonds. The van der Waals surface area contributed by atoms with Crippen LogP contribution in [-0.4, -0.2) is 23.0 Å². The van der Waals surface area contributed by atoms with Crippen molar-refractivity contribution in [3.05, 3.63) is 75.6 Å². The standard InChI is InChI=1S/C28H28ClF3O4S/c1-26(2,3)36-25(34)27(4,5)35-22-13-7-17(16-20(22)29)6-12-21(33)24-15-14-23(37-24)18-8-10-19(11-9-18)28(30,31)32/h7-11,13-16H,6,12H2,1-5H3. The van der Waals surface area contributed by atoms with Gasteiger partial charge >= 0.3 is 12.1 Å². The molecule has 0 spiro atoms. The van der Waals surface area contributed by atoms with Gasteiger partial charge in [-0.1, -0.05) is 29.8 Å². The number of carbonyl (C=O) groups is 2. The Hall–Kier alpha value is -2.84. The van der Waals surface area contributed by atoms with Crippen molar-refractivity contribution < 1.29 is 32.2 Å². The van der Waals surface area contributed by atoms with Crippen molar-refractivity contribution in [3.63, 3.8) is 0 Å². The Balaban J connectivity index is 1.61. The predicted octanol–water partition coefficient (Wildman–Crippen LogP) is 8.40. The predicted molar refractivity (Wildman–Crippen MR) is 139 cm³/mol. The molecule has 0 aliphatic carbocycles. The Labute approximate surface area is 223 Å². The fourth-order valence-corrected chi connectivity index (χ4v) is 4.57. The number of aryl methyl sites for hydroxylation is 1. The maximum atomic E-state index is 12.8. The van der Waals surface area contributed by atoms with Crippen molar-refractivity contribution in [3.8, 4) is 16.2 Å². The molecule has 0 bridgehead atoms. The molecule has 0 unspecified atom stereocenters. The summed E-state index contributed by atoms with van der Waals surface area (Å²) in [6.45, 7) is 8.52. The minimum Gasteiger partial charge on any atom is -0.475 e. The molecule has 3 rings (SSSR count). The second-order valence-electron chi connectivity index (χ2n) is 10.0. The second kappa shape index (κ2) is 10.9. The number of carbonyl (C=O) groups excluding carboxylic acids is 2. The lowest BCUT2D eigenvalue weighted by atomic mass is 10.1. The average Bonchev–Trinajstić information content (AvgIpc) is 3.28. The fourth-order valence-electron chi connectivity index (χ4n) is 3.35. The summed E-state index contributed by atoms with van der Waals surface area (Å²) in [5.74, 6) is -0.268. The normalized spacial score (nSPS) is 12.4. The Kier molecular flexibility index (Phi) is 8.44. The van der Waals surface area contributed by atoms with Gasteiger partial charge in [0.25, 0.3) is 0 Å². The van der Waals surface area contributed by atoms with E-state index >= 15 is 0 Å². The maximum absolute atomic E-state index is 12.8. The first kappa shape index (κ1) is 28.7. The van der Waals surface area contributed by atoms with Crippen LogP contribution < -0.4 is 4.74 Å². The average molecular weight is 553 g/mol. The highest BCUT2D eigenvalue weighted by Crippen LogP contribution is 2.34.